The van der Waals surface area contributed by atoms with E-state index in [-0.39, 0.29) is 5.91 Å². The van der Waals surface area contributed by atoms with Gasteiger partial charge in [0.1, 0.15) is 5.75 Å². The Hall–Kier alpha value is -2.33. The minimum absolute atomic E-state index is 0.177. The summed E-state index contributed by atoms with van der Waals surface area (Å²) in [6.07, 6.45) is 5.62. The van der Waals surface area contributed by atoms with Crippen molar-refractivity contribution in [2.24, 2.45) is 5.73 Å². The molecule has 126 valence electrons. The second-order valence-corrected chi connectivity index (χ2v) is 6.33. The number of hydrogen-bond donors (Lipinski definition) is 2. The highest BCUT2D eigenvalue weighted by Gasteiger charge is 2.17. The van der Waals surface area contributed by atoms with Gasteiger partial charge in [0.05, 0.1) is 12.1 Å². The molecule has 0 aliphatic heterocycles. The van der Waals surface area contributed by atoms with E-state index in [4.69, 9.17) is 10.5 Å². The normalized spacial score (nSPS) is 15.9. The topological polar surface area (TPSA) is 64.4 Å². The summed E-state index contributed by atoms with van der Waals surface area (Å²) in [5, 5.41) is 2.86. The van der Waals surface area contributed by atoms with E-state index >= 15 is 0 Å². The van der Waals surface area contributed by atoms with Crippen molar-refractivity contribution in [3.63, 3.8) is 0 Å². The van der Waals surface area contributed by atoms with Gasteiger partial charge in [0.2, 0.25) is 5.91 Å². The zero-order chi connectivity index (χ0) is 16.8. The lowest BCUT2D eigenvalue weighted by Crippen LogP contribution is -2.37. The van der Waals surface area contributed by atoms with Crippen LogP contribution in [0, 0.1) is 0 Å². The Labute approximate surface area is 143 Å². The van der Waals surface area contributed by atoms with Crippen LogP contribution in [-0.4, -0.2) is 18.1 Å². The Morgan fingerprint density at radius 3 is 2.42 bits per heavy atom. The van der Waals surface area contributed by atoms with Gasteiger partial charge in [-0.05, 0) is 61.9 Å². The molecule has 4 heteroatoms. The van der Waals surface area contributed by atoms with E-state index in [1.165, 1.54) is 12.8 Å². The molecule has 0 spiro atoms. The third-order valence-corrected chi connectivity index (χ3v) is 4.36. The van der Waals surface area contributed by atoms with Gasteiger partial charge in [-0.3, -0.25) is 4.79 Å². The fraction of sp³-hybridized carbons (Fsp3) is 0.350. The number of rotatable bonds is 6. The quantitative estimate of drug-likeness (QED) is 0.854. The first kappa shape index (κ1) is 16.5. The number of ether oxygens (including phenoxy) is 1. The second-order valence-electron chi connectivity index (χ2n) is 6.33. The highest BCUT2D eigenvalue weighted by Crippen LogP contribution is 2.25. The van der Waals surface area contributed by atoms with Crippen molar-refractivity contribution >= 4 is 11.6 Å². The van der Waals surface area contributed by atoms with Crippen LogP contribution >= 0.6 is 0 Å². The predicted molar refractivity (Wildman–Crippen MR) is 96.1 cm³/mol. The third-order valence-electron chi connectivity index (χ3n) is 4.36. The van der Waals surface area contributed by atoms with E-state index in [9.17, 15) is 4.79 Å². The number of nitrogens with two attached hydrogens (primary N) is 1. The summed E-state index contributed by atoms with van der Waals surface area (Å²) in [6, 6.07) is 16.7. The molecule has 3 rings (SSSR count). The first-order valence-corrected chi connectivity index (χ1v) is 8.58. The van der Waals surface area contributed by atoms with Gasteiger partial charge in [-0.1, -0.05) is 30.3 Å². The Balaban J connectivity index is 1.52. The second kappa shape index (κ2) is 7.97. The molecule has 1 saturated carbocycles. The molecule has 4 nitrogen and oxygen atoms in total. The van der Waals surface area contributed by atoms with Crippen LogP contribution in [0.5, 0.6) is 5.75 Å². The van der Waals surface area contributed by atoms with Crippen molar-refractivity contribution in [2.45, 2.75) is 44.2 Å². The molecule has 0 aromatic heterocycles. The van der Waals surface area contributed by atoms with Crippen molar-refractivity contribution in [1.82, 2.24) is 0 Å². The number of nitrogens with one attached hydrogen (secondary N) is 1. The molecule has 1 aliphatic carbocycles. The first-order chi connectivity index (χ1) is 11.7. The average molecular weight is 324 g/mol. The van der Waals surface area contributed by atoms with E-state index < -0.39 is 6.04 Å². The lowest BCUT2D eigenvalue weighted by Gasteiger charge is -2.15. The molecule has 0 saturated heterocycles. The molecule has 3 N–H and O–H groups in total. The predicted octanol–water partition coefficient (Wildman–Crippen LogP) is 3.52. The van der Waals surface area contributed by atoms with Crippen LogP contribution in [0.3, 0.4) is 0 Å². The molecule has 1 amide bonds. The SMILES string of the molecule is NC(Cc1ccccc1)C(=O)Nc1ccc(OC2CCCC2)cc1. The summed E-state index contributed by atoms with van der Waals surface area (Å²) in [4.78, 5) is 12.2. The molecule has 0 radical (unpaired) electrons. The Morgan fingerprint density at radius 2 is 1.75 bits per heavy atom. The summed E-state index contributed by atoms with van der Waals surface area (Å²) in [6.45, 7) is 0. The first-order valence-electron chi connectivity index (χ1n) is 8.58. The van der Waals surface area contributed by atoms with Crippen molar-refractivity contribution in [3.05, 3.63) is 60.2 Å². The molecule has 1 atom stereocenters. The van der Waals surface area contributed by atoms with E-state index in [0.717, 1.165) is 29.8 Å². The van der Waals surface area contributed by atoms with Gasteiger partial charge >= 0.3 is 0 Å². The van der Waals surface area contributed by atoms with Crippen LogP contribution in [0.2, 0.25) is 0 Å². The van der Waals surface area contributed by atoms with Gasteiger partial charge in [0.25, 0.3) is 0 Å². The van der Waals surface area contributed by atoms with Crippen LogP contribution in [0.4, 0.5) is 5.69 Å². The monoisotopic (exact) mass is 324 g/mol. The smallest absolute Gasteiger partial charge is 0.241 e. The molecule has 1 aliphatic rings. The van der Waals surface area contributed by atoms with Crippen molar-refractivity contribution in [1.29, 1.82) is 0 Å². The van der Waals surface area contributed by atoms with E-state index in [1.54, 1.807) is 0 Å². The van der Waals surface area contributed by atoms with Gasteiger partial charge in [0, 0.05) is 5.69 Å². The number of amides is 1. The standard InChI is InChI=1S/C20H24N2O2/c21-19(14-15-6-2-1-3-7-15)20(23)22-16-10-12-18(13-11-16)24-17-8-4-5-9-17/h1-3,6-7,10-13,17,19H,4-5,8-9,14,21H2,(H,22,23). The van der Waals surface area contributed by atoms with E-state index in [1.807, 2.05) is 54.6 Å². The van der Waals surface area contributed by atoms with Gasteiger partial charge in [-0.25, -0.2) is 0 Å². The minimum atomic E-state index is -0.568. The molecular formula is C20H24N2O2. The van der Waals surface area contributed by atoms with Gasteiger partial charge in [-0.15, -0.1) is 0 Å². The molecule has 2 aromatic carbocycles. The molecule has 0 bridgehead atoms. The zero-order valence-electron chi connectivity index (χ0n) is 13.8. The van der Waals surface area contributed by atoms with Crippen LogP contribution in [0.25, 0.3) is 0 Å². The largest absolute Gasteiger partial charge is 0.490 e. The summed E-state index contributed by atoms with van der Waals surface area (Å²) in [7, 11) is 0. The highest BCUT2D eigenvalue weighted by atomic mass is 16.5. The average Bonchev–Trinajstić information content (AvgIpc) is 3.10. The number of carbonyl (C=O) groups is 1. The third kappa shape index (κ3) is 4.59. The number of hydrogen-bond acceptors (Lipinski definition) is 3. The molecular weight excluding hydrogens is 300 g/mol. The summed E-state index contributed by atoms with van der Waals surface area (Å²) in [5.74, 6) is 0.678. The molecule has 2 aromatic rings. The summed E-state index contributed by atoms with van der Waals surface area (Å²) in [5.41, 5.74) is 7.79. The fourth-order valence-electron chi connectivity index (χ4n) is 3.01. The van der Waals surface area contributed by atoms with Crippen LogP contribution in [0.1, 0.15) is 31.2 Å². The van der Waals surface area contributed by atoms with Crippen molar-refractivity contribution < 1.29 is 9.53 Å². The van der Waals surface area contributed by atoms with E-state index in [2.05, 4.69) is 5.32 Å². The van der Waals surface area contributed by atoms with Crippen molar-refractivity contribution in [3.8, 4) is 5.75 Å². The maximum atomic E-state index is 12.2. The Kier molecular flexibility index (Phi) is 5.49. The minimum Gasteiger partial charge on any atom is -0.490 e. The number of carbonyl (C=O) groups excluding carboxylic acids is 1. The fourth-order valence-corrected chi connectivity index (χ4v) is 3.01. The van der Waals surface area contributed by atoms with Crippen LogP contribution in [-0.2, 0) is 11.2 Å². The number of anilines is 1. The molecule has 0 heterocycles. The maximum absolute atomic E-state index is 12.2. The zero-order valence-corrected chi connectivity index (χ0v) is 13.8. The maximum Gasteiger partial charge on any atom is 0.241 e. The van der Waals surface area contributed by atoms with Gasteiger partial charge in [-0.2, -0.15) is 0 Å². The van der Waals surface area contributed by atoms with Crippen LogP contribution < -0.4 is 15.8 Å². The lowest BCUT2D eigenvalue weighted by molar-refractivity contribution is -0.117. The summed E-state index contributed by atoms with van der Waals surface area (Å²) < 4.78 is 5.92. The van der Waals surface area contributed by atoms with Crippen LogP contribution in [0.15, 0.2) is 54.6 Å². The van der Waals surface area contributed by atoms with Crippen molar-refractivity contribution in [2.75, 3.05) is 5.32 Å². The van der Waals surface area contributed by atoms with E-state index in [0.29, 0.717) is 12.5 Å². The Morgan fingerprint density at radius 1 is 1.08 bits per heavy atom. The van der Waals surface area contributed by atoms with Gasteiger partial charge in [0.15, 0.2) is 0 Å². The molecule has 1 fully saturated rings. The summed E-state index contributed by atoms with van der Waals surface area (Å²) >= 11 is 0. The number of benzene rings is 2. The lowest BCUT2D eigenvalue weighted by atomic mass is 10.1. The molecule has 1 unspecified atom stereocenters. The highest BCUT2D eigenvalue weighted by molar-refractivity contribution is 5.94. The molecule has 24 heavy (non-hydrogen) atoms. The van der Waals surface area contributed by atoms with Gasteiger partial charge < -0.3 is 15.8 Å². The Bertz CT molecular complexity index is 649.